The molecule has 4 heteroatoms. The molecule has 4 nitrogen and oxygen atoms in total. The van der Waals surface area contributed by atoms with Crippen LogP contribution in [0.1, 0.15) is 23.3 Å². The van der Waals surface area contributed by atoms with Crippen LogP contribution in [0.3, 0.4) is 0 Å². The summed E-state index contributed by atoms with van der Waals surface area (Å²) in [5, 5.41) is 3.30. The average molecular weight is 272 g/mol. The van der Waals surface area contributed by atoms with Crippen molar-refractivity contribution in [1.82, 2.24) is 10.3 Å². The average Bonchev–Trinajstić information content (AvgIpc) is 2.53. The number of rotatable bonds is 6. The number of hydrogen-bond acceptors (Lipinski definition) is 4. The molecule has 0 radical (unpaired) electrons. The van der Waals surface area contributed by atoms with Crippen LogP contribution in [-0.4, -0.2) is 26.3 Å². The number of benzene rings is 1. The van der Waals surface area contributed by atoms with Gasteiger partial charge in [0, 0.05) is 13.3 Å². The number of ether oxygens (including phenoxy) is 2. The molecule has 106 valence electrons. The monoisotopic (exact) mass is 272 g/mol. The van der Waals surface area contributed by atoms with E-state index in [0.717, 1.165) is 16.9 Å². The van der Waals surface area contributed by atoms with Crippen LogP contribution in [-0.2, 0) is 4.74 Å². The van der Waals surface area contributed by atoms with E-state index < -0.39 is 0 Å². The molecule has 1 heterocycles. The highest BCUT2D eigenvalue weighted by Gasteiger charge is 2.23. The van der Waals surface area contributed by atoms with Crippen LogP contribution >= 0.6 is 0 Å². The van der Waals surface area contributed by atoms with E-state index in [-0.39, 0.29) is 12.1 Å². The molecule has 0 aliphatic rings. The molecule has 2 unspecified atom stereocenters. The number of pyridine rings is 1. The van der Waals surface area contributed by atoms with Crippen molar-refractivity contribution in [3.8, 4) is 5.75 Å². The highest BCUT2D eigenvalue weighted by molar-refractivity contribution is 5.29. The van der Waals surface area contributed by atoms with Crippen LogP contribution < -0.4 is 10.1 Å². The highest BCUT2D eigenvalue weighted by Crippen LogP contribution is 2.32. The molecule has 1 N–H and O–H groups in total. The summed E-state index contributed by atoms with van der Waals surface area (Å²) in [7, 11) is 5.27. The lowest BCUT2D eigenvalue weighted by Crippen LogP contribution is -2.25. The predicted molar refractivity (Wildman–Crippen MR) is 78.8 cm³/mol. The van der Waals surface area contributed by atoms with Gasteiger partial charge in [-0.25, -0.2) is 0 Å². The molecule has 1 aromatic carbocycles. The fourth-order valence-corrected chi connectivity index (χ4v) is 2.32. The molecule has 0 aliphatic carbocycles. The summed E-state index contributed by atoms with van der Waals surface area (Å²) in [6.45, 7) is 0. The molecule has 0 bridgehead atoms. The van der Waals surface area contributed by atoms with Gasteiger partial charge in [-0.1, -0.05) is 30.3 Å². The first-order valence-electron chi connectivity index (χ1n) is 6.54. The van der Waals surface area contributed by atoms with Crippen LogP contribution in [0.25, 0.3) is 0 Å². The first kappa shape index (κ1) is 14.5. The number of aromatic nitrogens is 1. The molecule has 2 atom stereocenters. The molecular weight excluding hydrogens is 252 g/mol. The van der Waals surface area contributed by atoms with E-state index in [4.69, 9.17) is 9.47 Å². The fraction of sp³-hybridized carbons (Fsp3) is 0.312. The molecule has 20 heavy (non-hydrogen) atoms. The number of likely N-dealkylation sites (N-methyl/N-ethyl adjacent to an activating group) is 1. The molecule has 1 aromatic heterocycles. The van der Waals surface area contributed by atoms with Crippen molar-refractivity contribution in [2.24, 2.45) is 0 Å². The van der Waals surface area contributed by atoms with E-state index in [2.05, 4.69) is 22.4 Å². The third-order valence-electron chi connectivity index (χ3n) is 3.32. The lowest BCUT2D eigenvalue weighted by molar-refractivity contribution is 0.0700. The summed E-state index contributed by atoms with van der Waals surface area (Å²) < 4.78 is 10.9. The summed E-state index contributed by atoms with van der Waals surface area (Å²) in [5.74, 6) is 0.741. The maximum atomic E-state index is 5.69. The minimum absolute atomic E-state index is 0.00463. The first-order chi connectivity index (χ1) is 9.80. The third-order valence-corrected chi connectivity index (χ3v) is 3.32. The largest absolute Gasteiger partial charge is 0.495 e. The lowest BCUT2D eigenvalue weighted by atomic mass is 9.97. The van der Waals surface area contributed by atoms with Gasteiger partial charge in [0.1, 0.15) is 11.9 Å². The van der Waals surface area contributed by atoms with Crippen molar-refractivity contribution in [2.75, 3.05) is 21.3 Å². The van der Waals surface area contributed by atoms with Crippen LogP contribution in [0.4, 0.5) is 0 Å². The summed E-state index contributed by atoms with van der Waals surface area (Å²) in [6.07, 6.45) is 3.44. The number of nitrogens with one attached hydrogen (secondary N) is 1. The van der Waals surface area contributed by atoms with Gasteiger partial charge in [0.2, 0.25) is 0 Å². The van der Waals surface area contributed by atoms with Gasteiger partial charge in [0.05, 0.1) is 19.3 Å². The summed E-state index contributed by atoms with van der Waals surface area (Å²) in [5.41, 5.74) is 2.15. The standard InChI is InChI=1S/C16H20N2O2/c1-17-15(13-9-14(19-2)11-18-10-13)16(20-3)12-7-5-4-6-8-12/h4-11,15-17H,1-3H3. The predicted octanol–water partition coefficient (Wildman–Crippen LogP) is 2.74. The Morgan fingerprint density at radius 1 is 1.05 bits per heavy atom. The number of methoxy groups -OCH3 is 2. The fourth-order valence-electron chi connectivity index (χ4n) is 2.32. The molecule has 2 rings (SSSR count). The maximum absolute atomic E-state index is 5.69. The Morgan fingerprint density at radius 2 is 1.80 bits per heavy atom. The smallest absolute Gasteiger partial charge is 0.137 e. The summed E-state index contributed by atoms with van der Waals surface area (Å²) >= 11 is 0. The Balaban J connectivity index is 2.34. The Hall–Kier alpha value is -1.91. The van der Waals surface area contributed by atoms with Crippen molar-refractivity contribution in [2.45, 2.75) is 12.1 Å². The molecule has 0 saturated heterocycles. The zero-order valence-corrected chi connectivity index (χ0v) is 12.0. The summed E-state index contributed by atoms with van der Waals surface area (Å²) in [4.78, 5) is 4.21. The number of hydrogen-bond donors (Lipinski definition) is 1. The highest BCUT2D eigenvalue weighted by atomic mass is 16.5. The van der Waals surface area contributed by atoms with Gasteiger partial charge in [0.25, 0.3) is 0 Å². The third kappa shape index (κ3) is 3.15. The SMILES string of the molecule is CNC(c1cncc(OC)c1)C(OC)c1ccccc1. The number of nitrogens with zero attached hydrogens (tertiary/aromatic N) is 1. The van der Waals surface area contributed by atoms with Crippen LogP contribution in [0.5, 0.6) is 5.75 Å². The van der Waals surface area contributed by atoms with E-state index in [0.29, 0.717) is 0 Å². The van der Waals surface area contributed by atoms with Crippen LogP contribution in [0, 0.1) is 0 Å². The van der Waals surface area contributed by atoms with Gasteiger partial charge in [-0.15, -0.1) is 0 Å². The second-order valence-corrected chi connectivity index (χ2v) is 4.49. The molecule has 0 spiro atoms. The summed E-state index contributed by atoms with van der Waals surface area (Å²) in [6, 6.07) is 12.1. The molecule has 2 aromatic rings. The zero-order valence-electron chi connectivity index (χ0n) is 12.0. The van der Waals surface area contributed by atoms with Gasteiger partial charge in [-0.2, -0.15) is 0 Å². The van der Waals surface area contributed by atoms with E-state index in [9.17, 15) is 0 Å². The second-order valence-electron chi connectivity index (χ2n) is 4.49. The van der Waals surface area contributed by atoms with Gasteiger partial charge >= 0.3 is 0 Å². The maximum Gasteiger partial charge on any atom is 0.137 e. The van der Waals surface area contributed by atoms with Gasteiger partial charge in [0.15, 0.2) is 0 Å². The topological polar surface area (TPSA) is 43.4 Å². The van der Waals surface area contributed by atoms with E-state index in [1.54, 1.807) is 20.4 Å². The molecule has 0 fully saturated rings. The molecule has 0 aliphatic heterocycles. The van der Waals surface area contributed by atoms with Crippen molar-refractivity contribution in [3.05, 3.63) is 59.9 Å². The second kappa shape index (κ2) is 7.03. The minimum atomic E-state index is -0.0879. The van der Waals surface area contributed by atoms with Crippen LogP contribution in [0.2, 0.25) is 0 Å². The lowest BCUT2D eigenvalue weighted by Gasteiger charge is -2.26. The minimum Gasteiger partial charge on any atom is -0.495 e. The Morgan fingerprint density at radius 3 is 2.40 bits per heavy atom. The molecular formula is C16H20N2O2. The van der Waals surface area contributed by atoms with Crippen molar-refractivity contribution >= 4 is 0 Å². The van der Waals surface area contributed by atoms with Crippen molar-refractivity contribution in [1.29, 1.82) is 0 Å². The van der Waals surface area contributed by atoms with Gasteiger partial charge in [-0.3, -0.25) is 4.98 Å². The van der Waals surface area contributed by atoms with E-state index in [1.807, 2.05) is 37.5 Å². The first-order valence-corrected chi connectivity index (χ1v) is 6.54. The van der Waals surface area contributed by atoms with Crippen molar-refractivity contribution in [3.63, 3.8) is 0 Å². The quantitative estimate of drug-likeness (QED) is 0.878. The Labute approximate surface area is 119 Å². The Kier molecular flexibility index (Phi) is 5.09. The van der Waals surface area contributed by atoms with Crippen molar-refractivity contribution < 1.29 is 9.47 Å². The molecule has 0 amide bonds. The van der Waals surface area contributed by atoms with Crippen LogP contribution in [0.15, 0.2) is 48.8 Å². The van der Waals surface area contributed by atoms with E-state index in [1.165, 1.54) is 0 Å². The van der Waals surface area contributed by atoms with E-state index >= 15 is 0 Å². The molecule has 0 saturated carbocycles. The Bertz CT molecular complexity index is 531. The zero-order chi connectivity index (χ0) is 14.4. The van der Waals surface area contributed by atoms with Gasteiger partial charge < -0.3 is 14.8 Å². The normalized spacial score (nSPS) is 13.8. The van der Waals surface area contributed by atoms with Gasteiger partial charge in [-0.05, 0) is 24.2 Å².